The quantitative estimate of drug-likeness (QED) is 0.626. The summed E-state index contributed by atoms with van der Waals surface area (Å²) in [4.78, 5) is 0. The van der Waals surface area contributed by atoms with Gasteiger partial charge in [-0.05, 0) is 42.6 Å². The second kappa shape index (κ2) is 5.75. The van der Waals surface area contributed by atoms with Crippen molar-refractivity contribution in [3.63, 3.8) is 0 Å². The molecule has 14 heavy (non-hydrogen) atoms. The van der Waals surface area contributed by atoms with Gasteiger partial charge in [0.1, 0.15) is 0 Å². The molecule has 0 heterocycles. The van der Waals surface area contributed by atoms with E-state index in [1.165, 1.54) is 11.1 Å². The van der Waals surface area contributed by atoms with Gasteiger partial charge in [0.15, 0.2) is 0 Å². The molecule has 5 N–H and O–H groups in total. The van der Waals surface area contributed by atoms with E-state index in [4.69, 9.17) is 16.6 Å². The van der Waals surface area contributed by atoms with Crippen LogP contribution in [-0.2, 0) is 19.4 Å². The molecule has 0 aliphatic carbocycles. The molecule has 0 spiro atoms. The molecule has 0 aromatic heterocycles. The number of aliphatic hydroxyl groups is 1. The molecule has 1 aromatic rings. The van der Waals surface area contributed by atoms with Crippen LogP contribution in [0.15, 0.2) is 18.2 Å². The van der Waals surface area contributed by atoms with Crippen molar-refractivity contribution in [1.29, 1.82) is 0 Å². The van der Waals surface area contributed by atoms with Crippen LogP contribution in [0.25, 0.3) is 0 Å². The number of rotatable bonds is 5. The zero-order valence-corrected chi connectivity index (χ0v) is 8.37. The van der Waals surface area contributed by atoms with Gasteiger partial charge < -0.3 is 16.6 Å². The van der Waals surface area contributed by atoms with E-state index in [0.29, 0.717) is 13.1 Å². The Labute approximate surface area is 84.7 Å². The Morgan fingerprint density at radius 2 is 1.29 bits per heavy atom. The van der Waals surface area contributed by atoms with Crippen LogP contribution >= 0.6 is 0 Å². The molecule has 0 aliphatic heterocycles. The molecule has 3 heteroatoms. The average molecular weight is 194 g/mol. The maximum Gasteiger partial charge on any atom is 0.0682 e. The van der Waals surface area contributed by atoms with Crippen LogP contribution < -0.4 is 11.5 Å². The normalized spacial score (nSPS) is 10.5. The van der Waals surface area contributed by atoms with Gasteiger partial charge in [-0.3, -0.25) is 0 Å². The highest BCUT2D eigenvalue weighted by Gasteiger charge is 1.99. The van der Waals surface area contributed by atoms with Crippen molar-refractivity contribution in [1.82, 2.24) is 0 Å². The molecular weight excluding hydrogens is 176 g/mol. The fourth-order valence-corrected chi connectivity index (χ4v) is 1.55. The number of aliphatic hydroxyl groups excluding tert-OH is 1. The highest BCUT2D eigenvalue weighted by molar-refractivity contribution is 5.30. The van der Waals surface area contributed by atoms with E-state index in [-0.39, 0.29) is 6.61 Å². The van der Waals surface area contributed by atoms with Crippen LogP contribution in [0.2, 0.25) is 0 Å². The van der Waals surface area contributed by atoms with E-state index < -0.39 is 0 Å². The SMILES string of the molecule is NCCc1cc(CO)cc(CCN)c1. The van der Waals surface area contributed by atoms with Crippen molar-refractivity contribution in [3.05, 3.63) is 34.9 Å². The van der Waals surface area contributed by atoms with Gasteiger partial charge in [0.25, 0.3) is 0 Å². The molecule has 0 unspecified atom stereocenters. The summed E-state index contributed by atoms with van der Waals surface area (Å²) in [6.07, 6.45) is 1.71. The third kappa shape index (κ3) is 3.10. The number of benzene rings is 1. The standard InChI is InChI=1S/C11H18N2O/c12-3-1-9-5-10(2-4-13)7-11(6-9)8-14/h5-7,14H,1-4,8,12-13H2. The first-order valence-corrected chi connectivity index (χ1v) is 4.93. The highest BCUT2D eigenvalue weighted by Crippen LogP contribution is 2.11. The van der Waals surface area contributed by atoms with E-state index in [9.17, 15) is 0 Å². The molecule has 0 amide bonds. The van der Waals surface area contributed by atoms with Crippen LogP contribution in [-0.4, -0.2) is 18.2 Å². The Bertz CT molecular complexity index is 262. The third-order valence-electron chi connectivity index (χ3n) is 2.16. The van der Waals surface area contributed by atoms with Crippen molar-refractivity contribution in [2.24, 2.45) is 11.5 Å². The minimum Gasteiger partial charge on any atom is -0.392 e. The fourth-order valence-electron chi connectivity index (χ4n) is 1.55. The van der Waals surface area contributed by atoms with Gasteiger partial charge in [-0.25, -0.2) is 0 Å². The van der Waals surface area contributed by atoms with Gasteiger partial charge >= 0.3 is 0 Å². The van der Waals surface area contributed by atoms with Crippen LogP contribution in [0, 0.1) is 0 Å². The molecule has 1 rings (SSSR count). The lowest BCUT2D eigenvalue weighted by Crippen LogP contribution is -2.06. The number of hydrogen-bond acceptors (Lipinski definition) is 3. The molecule has 0 fully saturated rings. The second-order valence-corrected chi connectivity index (χ2v) is 3.39. The third-order valence-corrected chi connectivity index (χ3v) is 2.16. The lowest BCUT2D eigenvalue weighted by Gasteiger charge is -2.06. The Balaban J connectivity index is 2.88. The molecule has 3 nitrogen and oxygen atoms in total. The van der Waals surface area contributed by atoms with Crippen LogP contribution in [0.5, 0.6) is 0 Å². The van der Waals surface area contributed by atoms with Gasteiger partial charge in [-0.2, -0.15) is 0 Å². The van der Waals surface area contributed by atoms with Crippen molar-refractivity contribution in [2.45, 2.75) is 19.4 Å². The Hall–Kier alpha value is -0.900. The zero-order valence-electron chi connectivity index (χ0n) is 8.37. The van der Waals surface area contributed by atoms with Crippen LogP contribution in [0.3, 0.4) is 0 Å². The van der Waals surface area contributed by atoms with Gasteiger partial charge in [0, 0.05) is 0 Å². The molecule has 0 radical (unpaired) electrons. The monoisotopic (exact) mass is 194 g/mol. The van der Waals surface area contributed by atoms with Crippen LogP contribution in [0.1, 0.15) is 16.7 Å². The predicted octanol–water partition coefficient (Wildman–Crippen LogP) is 0.181. The Morgan fingerprint density at radius 1 is 0.857 bits per heavy atom. The molecule has 0 atom stereocenters. The summed E-state index contributed by atoms with van der Waals surface area (Å²) in [5, 5.41) is 9.06. The largest absolute Gasteiger partial charge is 0.392 e. The molecule has 78 valence electrons. The number of hydrogen-bond donors (Lipinski definition) is 3. The Morgan fingerprint density at radius 3 is 1.64 bits per heavy atom. The van der Waals surface area contributed by atoms with E-state index >= 15 is 0 Å². The molecule has 0 aliphatic rings. The maximum atomic E-state index is 9.06. The number of nitrogens with two attached hydrogens (primary N) is 2. The summed E-state index contributed by atoms with van der Waals surface area (Å²) in [5.74, 6) is 0. The molecule has 1 aromatic carbocycles. The summed E-state index contributed by atoms with van der Waals surface area (Å²) in [5.41, 5.74) is 14.3. The zero-order chi connectivity index (χ0) is 10.4. The molecule has 0 saturated heterocycles. The molecule has 0 bridgehead atoms. The van der Waals surface area contributed by atoms with Crippen molar-refractivity contribution >= 4 is 0 Å². The summed E-state index contributed by atoms with van der Waals surface area (Å²) in [7, 11) is 0. The van der Waals surface area contributed by atoms with E-state index in [2.05, 4.69) is 6.07 Å². The predicted molar refractivity (Wildman–Crippen MR) is 57.9 cm³/mol. The van der Waals surface area contributed by atoms with E-state index in [1.807, 2.05) is 12.1 Å². The summed E-state index contributed by atoms with van der Waals surface area (Å²) >= 11 is 0. The van der Waals surface area contributed by atoms with Gasteiger partial charge in [-0.1, -0.05) is 18.2 Å². The average Bonchev–Trinajstić information content (AvgIpc) is 2.18. The minimum absolute atomic E-state index is 0.0793. The maximum absolute atomic E-state index is 9.06. The van der Waals surface area contributed by atoms with Gasteiger partial charge in [0.2, 0.25) is 0 Å². The fraction of sp³-hybridized carbons (Fsp3) is 0.455. The summed E-state index contributed by atoms with van der Waals surface area (Å²) < 4.78 is 0. The second-order valence-electron chi connectivity index (χ2n) is 3.39. The van der Waals surface area contributed by atoms with Gasteiger partial charge in [-0.15, -0.1) is 0 Å². The Kier molecular flexibility index (Phi) is 4.59. The first kappa shape index (κ1) is 11.2. The lowest BCUT2D eigenvalue weighted by molar-refractivity contribution is 0.281. The minimum atomic E-state index is 0.0793. The summed E-state index contributed by atoms with van der Waals surface area (Å²) in [6, 6.07) is 6.10. The first-order valence-electron chi connectivity index (χ1n) is 4.93. The smallest absolute Gasteiger partial charge is 0.0682 e. The molecular formula is C11H18N2O. The topological polar surface area (TPSA) is 72.3 Å². The van der Waals surface area contributed by atoms with Crippen molar-refractivity contribution in [2.75, 3.05) is 13.1 Å². The van der Waals surface area contributed by atoms with Gasteiger partial charge in [0.05, 0.1) is 6.61 Å². The van der Waals surface area contributed by atoms with E-state index in [1.54, 1.807) is 0 Å². The first-order chi connectivity index (χ1) is 6.80. The molecule has 0 saturated carbocycles. The lowest BCUT2D eigenvalue weighted by atomic mass is 10.0. The highest BCUT2D eigenvalue weighted by atomic mass is 16.3. The van der Waals surface area contributed by atoms with Crippen molar-refractivity contribution < 1.29 is 5.11 Å². The summed E-state index contributed by atoms with van der Waals surface area (Å²) in [6.45, 7) is 1.35. The van der Waals surface area contributed by atoms with Crippen LogP contribution in [0.4, 0.5) is 0 Å². The van der Waals surface area contributed by atoms with E-state index in [0.717, 1.165) is 18.4 Å². The van der Waals surface area contributed by atoms with Crippen molar-refractivity contribution in [3.8, 4) is 0 Å².